The lowest BCUT2D eigenvalue weighted by atomic mass is 10.0. The van der Waals surface area contributed by atoms with E-state index in [1.165, 1.54) is 95.5 Å². The van der Waals surface area contributed by atoms with Crippen LogP contribution in [0.25, 0.3) is 0 Å². The van der Waals surface area contributed by atoms with E-state index in [-0.39, 0.29) is 0 Å². The molecule has 0 saturated heterocycles. The van der Waals surface area contributed by atoms with Crippen molar-refractivity contribution in [2.45, 2.75) is 110 Å². The molecule has 0 aliphatic carbocycles. The van der Waals surface area contributed by atoms with Crippen LogP contribution >= 0.6 is 0 Å². The second-order valence-corrected chi connectivity index (χ2v) is 8.78. The van der Waals surface area contributed by atoms with Gasteiger partial charge in [-0.3, -0.25) is 0 Å². The first kappa shape index (κ1) is 26.2. The van der Waals surface area contributed by atoms with E-state index < -0.39 is 0 Å². The molecule has 0 spiro atoms. The van der Waals surface area contributed by atoms with Gasteiger partial charge < -0.3 is 9.47 Å². The van der Waals surface area contributed by atoms with Crippen molar-refractivity contribution in [3.8, 4) is 0 Å². The van der Waals surface area contributed by atoms with Crippen molar-refractivity contribution in [1.29, 1.82) is 0 Å². The molecule has 0 saturated carbocycles. The van der Waals surface area contributed by atoms with Crippen molar-refractivity contribution in [3.05, 3.63) is 35.9 Å². The Bertz CT molecular complexity index is 431. The lowest BCUT2D eigenvalue weighted by Crippen LogP contribution is -2.13. The highest BCUT2D eigenvalue weighted by Crippen LogP contribution is 2.13. The topological polar surface area (TPSA) is 18.5 Å². The van der Waals surface area contributed by atoms with Gasteiger partial charge in [0, 0.05) is 12.5 Å². The Morgan fingerprint density at radius 1 is 0.621 bits per heavy atom. The van der Waals surface area contributed by atoms with Crippen LogP contribution in [0.2, 0.25) is 0 Å². The maximum absolute atomic E-state index is 5.83. The van der Waals surface area contributed by atoms with E-state index in [0.29, 0.717) is 12.5 Å². The molecule has 0 N–H and O–H groups in total. The van der Waals surface area contributed by atoms with Gasteiger partial charge in [0.15, 0.2) is 0 Å². The van der Waals surface area contributed by atoms with Crippen LogP contribution in [0.5, 0.6) is 0 Å². The van der Waals surface area contributed by atoms with Gasteiger partial charge in [0.05, 0.1) is 19.8 Å². The van der Waals surface area contributed by atoms with Crippen molar-refractivity contribution in [2.24, 2.45) is 5.92 Å². The van der Waals surface area contributed by atoms with E-state index in [4.69, 9.17) is 9.47 Å². The Morgan fingerprint density at radius 2 is 1.10 bits per heavy atom. The smallest absolute Gasteiger partial charge is 0.0717 e. The third-order valence-corrected chi connectivity index (χ3v) is 5.56. The Labute approximate surface area is 181 Å². The van der Waals surface area contributed by atoms with E-state index in [2.05, 4.69) is 38.1 Å². The second-order valence-electron chi connectivity index (χ2n) is 8.78. The molecule has 29 heavy (non-hydrogen) atoms. The largest absolute Gasteiger partial charge is 0.381 e. The van der Waals surface area contributed by atoms with Gasteiger partial charge in [-0.1, -0.05) is 128 Å². The summed E-state index contributed by atoms with van der Waals surface area (Å²) in [5.41, 5.74) is 1.24. The molecule has 0 heterocycles. The normalized spacial score (nSPS) is 12.3. The van der Waals surface area contributed by atoms with Gasteiger partial charge in [-0.2, -0.15) is 0 Å². The van der Waals surface area contributed by atoms with Crippen LogP contribution in [0.1, 0.15) is 109 Å². The third-order valence-electron chi connectivity index (χ3n) is 5.56. The lowest BCUT2D eigenvalue weighted by molar-refractivity contribution is 0.0383. The molecule has 1 atom stereocenters. The summed E-state index contributed by atoms with van der Waals surface area (Å²) in [7, 11) is 0. The molecule has 0 radical (unpaired) electrons. The standard InChI is InChI=1S/C27H48O2/c1-3-4-5-6-7-8-9-10-11-12-13-14-15-19-22-28-23-26(2)24-29-25-27-20-17-16-18-21-27/h16-18,20-21,26H,3-15,19,22-25H2,1-2H3. The number of unbranched alkanes of at least 4 members (excludes halogenated alkanes) is 13. The molecule has 0 aliphatic rings. The summed E-state index contributed by atoms with van der Waals surface area (Å²) in [6.07, 6.45) is 19.6. The van der Waals surface area contributed by atoms with Crippen molar-refractivity contribution in [1.82, 2.24) is 0 Å². The Hall–Kier alpha value is -0.860. The zero-order chi connectivity index (χ0) is 20.8. The summed E-state index contributed by atoms with van der Waals surface area (Å²) in [6, 6.07) is 10.4. The molecule has 0 bridgehead atoms. The molecule has 168 valence electrons. The Balaban J connectivity index is 1.74. The molecular formula is C27H48O2. The minimum Gasteiger partial charge on any atom is -0.381 e. The summed E-state index contributed by atoms with van der Waals surface area (Å²) < 4.78 is 11.6. The van der Waals surface area contributed by atoms with Crippen molar-refractivity contribution >= 4 is 0 Å². The van der Waals surface area contributed by atoms with Gasteiger partial charge in [-0.15, -0.1) is 0 Å². The van der Waals surface area contributed by atoms with Crippen LogP contribution < -0.4 is 0 Å². The van der Waals surface area contributed by atoms with Gasteiger partial charge in [-0.25, -0.2) is 0 Å². The predicted molar refractivity (Wildman–Crippen MR) is 126 cm³/mol. The highest BCUT2D eigenvalue weighted by Gasteiger charge is 2.03. The van der Waals surface area contributed by atoms with Gasteiger partial charge in [0.25, 0.3) is 0 Å². The van der Waals surface area contributed by atoms with E-state index in [9.17, 15) is 0 Å². The minimum absolute atomic E-state index is 0.463. The van der Waals surface area contributed by atoms with Crippen LogP contribution in [0.3, 0.4) is 0 Å². The molecular weight excluding hydrogens is 356 g/mol. The van der Waals surface area contributed by atoms with Crippen molar-refractivity contribution in [2.75, 3.05) is 19.8 Å². The number of hydrogen-bond donors (Lipinski definition) is 0. The summed E-state index contributed by atoms with van der Waals surface area (Å²) in [5, 5.41) is 0. The van der Waals surface area contributed by atoms with Crippen molar-refractivity contribution in [3.63, 3.8) is 0 Å². The minimum atomic E-state index is 0.463. The maximum Gasteiger partial charge on any atom is 0.0717 e. The predicted octanol–water partition coefficient (Wildman–Crippen LogP) is 8.34. The fourth-order valence-electron chi connectivity index (χ4n) is 3.68. The van der Waals surface area contributed by atoms with Gasteiger partial charge in [0.2, 0.25) is 0 Å². The molecule has 0 fully saturated rings. The van der Waals surface area contributed by atoms with E-state index in [1.54, 1.807) is 0 Å². The number of benzene rings is 1. The molecule has 1 unspecified atom stereocenters. The average molecular weight is 405 g/mol. The molecule has 0 aliphatic heterocycles. The summed E-state index contributed by atoms with van der Waals surface area (Å²) in [4.78, 5) is 0. The third kappa shape index (κ3) is 17.7. The SMILES string of the molecule is CCCCCCCCCCCCCCCCOCC(C)COCc1ccccc1. The van der Waals surface area contributed by atoms with Gasteiger partial charge in [-0.05, 0) is 12.0 Å². The fourth-order valence-corrected chi connectivity index (χ4v) is 3.68. The Morgan fingerprint density at radius 3 is 1.66 bits per heavy atom. The molecule has 0 aromatic heterocycles. The highest BCUT2D eigenvalue weighted by atomic mass is 16.5. The molecule has 1 rings (SSSR count). The summed E-state index contributed by atoms with van der Waals surface area (Å²) in [5.74, 6) is 0.463. The first-order chi connectivity index (χ1) is 14.3. The van der Waals surface area contributed by atoms with Crippen molar-refractivity contribution < 1.29 is 9.47 Å². The van der Waals surface area contributed by atoms with Crippen LogP contribution in [-0.2, 0) is 16.1 Å². The van der Waals surface area contributed by atoms with E-state index >= 15 is 0 Å². The molecule has 2 nitrogen and oxygen atoms in total. The molecule has 2 heteroatoms. The zero-order valence-corrected chi connectivity index (χ0v) is 19.5. The lowest BCUT2D eigenvalue weighted by Gasteiger charge is -2.12. The second kappa shape index (κ2) is 20.4. The van der Waals surface area contributed by atoms with Crippen LogP contribution in [0.4, 0.5) is 0 Å². The molecule has 0 amide bonds. The number of ether oxygens (including phenoxy) is 2. The maximum atomic E-state index is 5.83. The van der Waals surface area contributed by atoms with Gasteiger partial charge in [0.1, 0.15) is 0 Å². The van der Waals surface area contributed by atoms with Gasteiger partial charge >= 0.3 is 0 Å². The van der Waals surface area contributed by atoms with Crippen LogP contribution in [0, 0.1) is 5.92 Å². The zero-order valence-electron chi connectivity index (χ0n) is 19.5. The fraction of sp³-hybridized carbons (Fsp3) is 0.778. The molecule has 1 aromatic carbocycles. The summed E-state index contributed by atoms with van der Waals surface area (Å²) >= 11 is 0. The average Bonchev–Trinajstić information content (AvgIpc) is 2.74. The molecule has 1 aromatic rings. The van der Waals surface area contributed by atoms with E-state index in [1.807, 2.05) is 6.07 Å². The number of hydrogen-bond acceptors (Lipinski definition) is 2. The highest BCUT2D eigenvalue weighted by molar-refractivity contribution is 5.13. The quantitative estimate of drug-likeness (QED) is 0.192. The summed E-state index contributed by atoms with van der Waals surface area (Å²) in [6.45, 7) is 7.68. The number of rotatable bonds is 21. The monoisotopic (exact) mass is 404 g/mol. The van der Waals surface area contributed by atoms with E-state index in [0.717, 1.165) is 19.8 Å². The Kier molecular flexibility index (Phi) is 18.4. The van der Waals surface area contributed by atoms with Crippen LogP contribution in [-0.4, -0.2) is 19.8 Å². The first-order valence-electron chi connectivity index (χ1n) is 12.5. The van der Waals surface area contributed by atoms with Crippen LogP contribution in [0.15, 0.2) is 30.3 Å². The first-order valence-corrected chi connectivity index (χ1v) is 12.5.